The Kier molecular flexibility index (Phi) is 8.84. The number of carbonyl (C=O) groups is 1. The van der Waals surface area contributed by atoms with Gasteiger partial charge in [0.1, 0.15) is 0 Å². The third-order valence-electron chi connectivity index (χ3n) is 6.97. The third-order valence-corrected chi connectivity index (χ3v) is 7.71. The summed E-state index contributed by atoms with van der Waals surface area (Å²) < 4.78 is 11.8. The number of nitrogens with one attached hydrogen (secondary N) is 1. The van der Waals surface area contributed by atoms with Gasteiger partial charge in [0.05, 0.1) is 16.1 Å². The standard InChI is InChI=1S/C27H33Cl2NO3/c28-22-13-12-21(19-23(22)29)27(15-8-18-33-24-11-4-7-17-32-24)14-5-6-16-30-26(27)25(31)20-9-2-1-3-10-20/h1-3,9-10,12-13,19,24,26,30H,4-8,11,14-18H2. The van der Waals surface area contributed by atoms with Crippen LogP contribution >= 0.6 is 23.2 Å². The van der Waals surface area contributed by atoms with E-state index >= 15 is 0 Å². The Labute approximate surface area is 206 Å². The highest BCUT2D eigenvalue weighted by molar-refractivity contribution is 6.42. The number of carbonyl (C=O) groups excluding carboxylic acids is 1. The van der Waals surface area contributed by atoms with Crippen LogP contribution in [-0.4, -0.2) is 37.9 Å². The summed E-state index contributed by atoms with van der Waals surface area (Å²) in [5.74, 6) is 0.125. The van der Waals surface area contributed by atoms with Crippen LogP contribution in [0.4, 0.5) is 0 Å². The Hall–Kier alpha value is -1.43. The number of hydrogen-bond donors (Lipinski definition) is 1. The first-order chi connectivity index (χ1) is 16.1. The van der Waals surface area contributed by atoms with Crippen molar-refractivity contribution in [3.8, 4) is 0 Å². The Morgan fingerprint density at radius 3 is 2.67 bits per heavy atom. The Bertz CT molecular complexity index is 917. The van der Waals surface area contributed by atoms with Crippen LogP contribution in [-0.2, 0) is 14.9 Å². The van der Waals surface area contributed by atoms with Gasteiger partial charge >= 0.3 is 0 Å². The smallest absolute Gasteiger partial charge is 0.180 e. The van der Waals surface area contributed by atoms with E-state index in [9.17, 15) is 4.79 Å². The highest BCUT2D eigenvalue weighted by Crippen LogP contribution is 2.42. The second-order valence-electron chi connectivity index (χ2n) is 9.13. The molecular formula is C27H33Cl2NO3. The van der Waals surface area contributed by atoms with Gasteiger partial charge in [-0.2, -0.15) is 0 Å². The molecular weight excluding hydrogens is 457 g/mol. The molecule has 0 bridgehead atoms. The molecule has 2 aromatic rings. The van der Waals surface area contributed by atoms with Crippen molar-refractivity contribution in [3.05, 3.63) is 69.7 Å². The Morgan fingerprint density at radius 1 is 1.06 bits per heavy atom. The average Bonchev–Trinajstić information content (AvgIpc) is 3.07. The fourth-order valence-electron chi connectivity index (χ4n) is 5.24. The lowest BCUT2D eigenvalue weighted by molar-refractivity contribution is -0.163. The van der Waals surface area contributed by atoms with Gasteiger partial charge in [0.15, 0.2) is 12.1 Å². The minimum Gasteiger partial charge on any atom is -0.353 e. The first-order valence-corrected chi connectivity index (χ1v) is 12.9. The van der Waals surface area contributed by atoms with Crippen molar-refractivity contribution < 1.29 is 14.3 Å². The lowest BCUT2D eigenvalue weighted by Gasteiger charge is -2.40. The predicted molar refractivity (Wildman–Crippen MR) is 133 cm³/mol. The fraction of sp³-hybridized carbons (Fsp3) is 0.519. The van der Waals surface area contributed by atoms with Crippen LogP contribution in [0, 0.1) is 0 Å². The number of ketones is 1. The zero-order chi connectivity index (χ0) is 23.1. The van der Waals surface area contributed by atoms with Gasteiger partial charge in [0.25, 0.3) is 0 Å². The first-order valence-electron chi connectivity index (χ1n) is 12.1. The SMILES string of the molecule is O=C(c1ccccc1)C1NCCCCC1(CCCOC1CCCCO1)c1ccc(Cl)c(Cl)c1. The average molecular weight is 490 g/mol. The van der Waals surface area contributed by atoms with E-state index < -0.39 is 5.41 Å². The molecule has 2 heterocycles. The monoisotopic (exact) mass is 489 g/mol. The van der Waals surface area contributed by atoms with Gasteiger partial charge in [0, 0.05) is 24.2 Å². The summed E-state index contributed by atoms with van der Waals surface area (Å²) in [4.78, 5) is 13.8. The van der Waals surface area contributed by atoms with Crippen molar-refractivity contribution in [1.29, 1.82) is 0 Å². The number of ether oxygens (including phenoxy) is 2. The molecule has 6 heteroatoms. The van der Waals surface area contributed by atoms with Crippen LogP contribution in [0.3, 0.4) is 0 Å². The second kappa shape index (κ2) is 11.8. The van der Waals surface area contributed by atoms with Crippen LogP contribution < -0.4 is 5.32 Å². The molecule has 0 aliphatic carbocycles. The quantitative estimate of drug-likeness (QED) is 0.336. The Morgan fingerprint density at radius 2 is 1.91 bits per heavy atom. The lowest BCUT2D eigenvalue weighted by Crippen LogP contribution is -2.52. The maximum atomic E-state index is 13.8. The summed E-state index contributed by atoms with van der Waals surface area (Å²) in [7, 11) is 0. The molecule has 2 aliphatic heterocycles. The van der Waals surface area contributed by atoms with Crippen LogP contribution in [0.25, 0.3) is 0 Å². The van der Waals surface area contributed by atoms with Gasteiger partial charge < -0.3 is 14.8 Å². The van der Waals surface area contributed by atoms with Gasteiger partial charge in [-0.15, -0.1) is 0 Å². The number of rotatable bonds is 8. The number of benzene rings is 2. The molecule has 0 saturated carbocycles. The van der Waals surface area contributed by atoms with E-state index in [4.69, 9.17) is 32.7 Å². The molecule has 2 aromatic carbocycles. The van der Waals surface area contributed by atoms with E-state index in [-0.39, 0.29) is 18.1 Å². The van der Waals surface area contributed by atoms with Crippen molar-refractivity contribution in [3.63, 3.8) is 0 Å². The lowest BCUT2D eigenvalue weighted by atomic mass is 9.66. The van der Waals surface area contributed by atoms with E-state index in [1.165, 1.54) is 0 Å². The number of hydrogen-bond acceptors (Lipinski definition) is 4. The molecule has 0 aromatic heterocycles. The second-order valence-corrected chi connectivity index (χ2v) is 9.94. The normalized spacial score (nSPS) is 26.0. The van der Waals surface area contributed by atoms with E-state index in [1.807, 2.05) is 48.5 Å². The zero-order valence-electron chi connectivity index (χ0n) is 19.0. The molecule has 1 N–H and O–H groups in total. The topological polar surface area (TPSA) is 47.6 Å². The molecule has 178 valence electrons. The summed E-state index contributed by atoms with van der Waals surface area (Å²) in [5.41, 5.74) is 1.40. The molecule has 33 heavy (non-hydrogen) atoms. The maximum absolute atomic E-state index is 13.8. The van der Waals surface area contributed by atoms with Crippen LogP contribution in [0.15, 0.2) is 48.5 Å². The molecule has 0 amide bonds. The first kappa shape index (κ1) is 24.7. The zero-order valence-corrected chi connectivity index (χ0v) is 20.5. The minimum absolute atomic E-state index is 0.103. The van der Waals surface area contributed by atoms with Gasteiger partial charge in [-0.1, -0.05) is 66.0 Å². The van der Waals surface area contributed by atoms with Crippen LogP contribution in [0.1, 0.15) is 67.3 Å². The third kappa shape index (κ3) is 5.98. The molecule has 2 aliphatic rings. The minimum atomic E-state index is -0.394. The van der Waals surface area contributed by atoms with Crippen LogP contribution in [0.2, 0.25) is 10.0 Å². The highest BCUT2D eigenvalue weighted by atomic mass is 35.5. The fourth-order valence-corrected chi connectivity index (χ4v) is 5.54. The number of halogens is 2. The summed E-state index contributed by atoms with van der Waals surface area (Å²) >= 11 is 12.7. The van der Waals surface area contributed by atoms with Crippen LogP contribution in [0.5, 0.6) is 0 Å². The number of Topliss-reactive ketones (excluding diaryl/α,β-unsaturated/α-hetero) is 1. The van der Waals surface area contributed by atoms with E-state index in [2.05, 4.69) is 5.32 Å². The van der Waals surface area contributed by atoms with Crippen molar-refractivity contribution in [2.75, 3.05) is 19.8 Å². The molecule has 0 radical (unpaired) electrons. The molecule has 2 saturated heterocycles. The molecule has 3 unspecified atom stereocenters. The van der Waals surface area contributed by atoms with Gasteiger partial charge in [0.2, 0.25) is 0 Å². The summed E-state index contributed by atoms with van der Waals surface area (Å²) in [5, 5.41) is 4.65. The van der Waals surface area contributed by atoms with Crippen molar-refractivity contribution >= 4 is 29.0 Å². The van der Waals surface area contributed by atoms with E-state index in [0.717, 1.165) is 75.6 Å². The van der Waals surface area contributed by atoms with Gasteiger partial charge in [-0.3, -0.25) is 4.79 Å². The molecule has 4 nitrogen and oxygen atoms in total. The highest BCUT2D eigenvalue weighted by Gasteiger charge is 2.44. The maximum Gasteiger partial charge on any atom is 0.180 e. The molecule has 0 spiro atoms. The van der Waals surface area contributed by atoms with Gasteiger partial charge in [-0.05, 0) is 69.2 Å². The van der Waals surface area contributed by atoms with E-state index in [0.29, 0.717) is 16.7 Å². The van der Waals surface area contributed by atoms with Crippen molar-refractivity contribution in [2.24, 2.45) is 0 Å². The van der Waals surface area contributed by atoms with Crippen molar-refractivity contribution in [1.82, 2.24) is 5.32 Å². The summed E-state index contributed by atoms with van der Waals surface area (Å²) in [6, 6.07) is 15.1. The summed E-state index contributed by atoms with van der Waals surface area (Å²) in [6.45, 7) is 2.20. The summed E-state index contributed by atoms with van der Waals surface area (Å²) in [6.07, 6.45) is 7.73. The van der Waals surface area contributed by atoms with E-state index in [1.54, 1.807) is 0 Å². The molecule has 3 atom stereocenters. The van der Waals surface area contributed by atoms with Gasteiger partial charge in [-0.25, -0.2) is 0 Å². The Balaban J connectivity index is 1.62. The largest absolute Gasteiger partial charge is 0.353 e. The predicted octanol–water partition coefficient (Wildman–Crippen LogP) is 6.58. The van der Waals surface area contributed by atoms with Crippen molar-refractivity contribution in [2.45, 2.75) is 69.1 Å². The molecule has 4 rings (SSSR count). The molecule has 2 fully saturated rings.